The first-order chi connectivity index (χ1) is 14.4. The summed E-state index contributed by atoms with van der Waals surface area (Å²) in [6.45, 7) is 1.05. The van der Waals surface area contributed by atoms with E-state index < -0.39 is 11.7 Å². The number of hydrogen-bond acceptors (Lipinski definition) is 3. The van der Waals surface area contributed by atoms with E-state index in [0.717, 1.165) is 40.7 Å². The Balaban J connectivity index is 1.40. The van der Waals surface area contributed by atoms with Gasteiger partial charge in [-0.1, -0.05) is 30.3 Å². The second-order valence-electron chi connectivity index (χ2n) is 7.22. The molecule has 0 spiro atoms. The van der Waals surface area contributed by atoms with Crippen LogP contribution in [0.15, 0.2) is 53.9 Å². The zero-order valence-electron chi connectivity index (χ0n) is 15.7. The number of thiazole rings is 1. The van der Waals surface area contributed by atoms with Crippen molar-refractivity contribution in [3.63, 3.8) is 0 Å². The van der Waals surface area contributed by atoms with Crippen LogP contribution in [-0.4, -0.2) is 27.3 Å². The van der Waals surface area contributed by atoms with Crippen LogP contribution >= 0.6 is 11.3 Å². The zero-order valence-corrected chi connectivity index (χ0v) is 16.5. The fraction of sp³-hybridized carbons (Fsp3) is 0.182. The number of hydrogen-bond donors (Lipinski definition) is 1. The average Bonchev–Trinajstić information content (AvgIpc) is 3.37. The largest absolute Gasteiger partial charge is 0.416 e. The number of aromatic nitrogens is 2. The molecule has 8 heteroatoms. The number of alkyl halides is 3. The van der Waals surface area contributed by atoms with Crippen molar-refractivity contribution in [2.45, 2.75) is 19.1 Å². The number of H-pyrrole nitrogens is 1. The van der Waals surface area contributed by atoms with Crippen LogP contribution in [0.4, 0.5) is 13.2 Å². The number of benzene rings is 2. The third kappa shape index (κ3) is 3.27. The second-order valence-corrected chi connectivity index (χ2v) is 8.08. The summed E-state index contributed by atoms with van der Waals surface area (Å²) in [7, 11) is 0. The highest BCUT2D eigenvalue weighted by Gasteiger charge is 2.31. The minimum absolute atomic E-state index is 0.208. The molecule has 0 aliphatic carbocycles. The number of para-hydroxylation sites is 1. The molecule has 0 saturated heterocycles. The number of amides is 1. The first kappa shape index (κ1) is 18.9. The molecule has 0 bridgehead atoms. The number of nitrogens with one attached hydrogen (secondary N) is 1. The molecule has 0 radical (unpaired) electrons. The molecule has 1 amide bonds. The van der Waals surface area contributed by atoms with E-state index in [9.17, 15) is 18.0 Å². The highest BCUT2D eigenvalue weighted by Crippen LogP contribution is 2.33. The summed E-state index contributed by atoms with van der Waals surface area (Å²) < 4.78 is 39.0. The second kappa shape index (κ2) is 6.98. The predicted molar refractivity (Wildman–Crippen MR) is 109 cm³/mol. The fourth-order valence-electron chi connectivity index (χ4n) is 3.83. The first-order valence-electron chi connectivity index (χ1n) is 9.41. The number of carbonyl (C=O) groups excluding carboxylic acids is 1. The van der Waals surface area contributed by atoms with E-state index in [1.54, 1.807) is 16.3 Å². The Kier molecular flexibility index (Phi) is 4.39. The van der Waals surface area contributed by atoms with Crippen molar-refractivity contribution in [1.82, 2.24) is 14.9 Å². The molecular formula is C22H16F3N3OS. The molecule has 0 fully saturated rings. The van der Waals surface area contributed by atoms with Crippen molar-refractivity contribution in [3.05, 3.63) is 76.4 Å². The molecule has 4 aromatic rings. The minimum atomic E-state index is -4.42. The summed E-state index contributed by atoms with van der Waals surface area (Å²) in [6.07, 6.45) is -3.70. The van der Waals surface area contributed by atoms with Gasteiger partial charge >= 0.3 is 6.18 Å². The normalized spacial score (nSPS) is 14.2. The van der Waals surface area contributed by atoms with Crippen molar-refractivity contribution in [3.8, 4) is 10.6 Å². The number of halogens is 3. The van der Waals surface area contributed by atoms with E-state index in [4.69, 9.17) is 0 Å². The summed E-state index contributed by atoms with van der Waals surface area (Å²) in [5, 5.41) is 3.12. The van der Waals surface area contributed by atoms with E-state index in [1.807, 2.05) is 24.3 Å². The molecule has 1 N–H and O–H groups in total. The molecule has 0 atom stereocenters. The molecule has 30 heavy (non-hydrogen) atoms. The van der Waals surface area contributed by atoms with E-state index in [0.29, 0.717) is 23.7 Å². The summed E-state index contributed by atoms with van der Waals surface area (Å²) in [6, 6.07) is 13.0. The Morgan fingerprint density at radius 1 is 1.13 bits per heavy atom. The Morgan fingerprint density at radius 2 is 1.97 bits per heavy atom. The standard InChI is InChI=1S/C22H16F3N3OS/c23-22(24,25)14-5-3-4-13(10-14)20-27-19(12-30-20)21(29)28-9-8-18-16(11-28)15-6-1-2-7-17(15)26-18/h1-7,10,12,26H,8-9,11H2. The SMILES string of the molecule is O=C(c1csc(-c2cccc(C(F)(F)F)c2)n1)N1CCc2[nH]c3ccccc3c2C1. The Bertz CT molecular complexity index is 1260. The van der Waals surface area contributed by atoms with Gasteiger partial charge in [0.25, 0.3) is 5.91 Å². The lowest BCUT2D eigenvalue weighted by Crippen LogP contribution is -2.36. The molecule has 152 valence electrons. The molecule has 5 rings (SSSR count). The number of rotatable bonds is 2. The van der Waals surface area contributed by atoms with Gasteiger partial charge in [0.15, 0.2) is 0 Å². The molecule has 1 aliphatic rings. The van der Waals surface area contributed by atoms with Gasteiger partial charge in [0.05, 0.1) is 5.56 Å². The van der Waals surface area contributed by atoms with Crippen LogP contribution in [0.25, 0.3) is 21.5 Å². The molecular weight excluding hydrogens is 411 g/mol. The highest BCUT2D eigenvalue weighted by atomic mass is 32.1. The minimum Gasteiger partial charge on any atom is -0.358 e. The lowest BCUT2D eigenvalue weighted by Gasteiger charge is -2.26. The van der Waals surface area contributed by atoms with Gasteiger partial charge in [-0.05, 0) is 18.2 Å². The summed E-state index contributed by atoms with van der Waals surface area (Å²) in [5.41, 5.74) is 3.19. The van der Waals surface area contributed by atoms with Crippen molar-refractivity contribution >= 4 is 28.1 Å². The summed E-state index contributed by atoms with van der Waals surface area (Å²) in [4.78, 5) is 22.5. The quantitative estimate of drug-likeness (QED) is 0.459. The molecule has 2 aromatic heterocycles. The topological polar surface area (TPSA) is 49.0 Å². The van der Waals surface area contributed by atoms with E-state index in [1.165, 1.54) is 17.4 Å². The van der Waals surface area contributed by atoms with Gasteiger partial charge in [-0.3, -0.25) is 4.79 Å². The van der Waals surface area contributed by atoms with Crippen molar-refractivity contribution < 1.29 is 18.0 Å². The summed E-state index contributed by atoms with van der Waals surface area (Å²) >= 11 is 1.17. The summed E-state index contributed by atoms with van der Waals surface area (Å²) in [5.74, 6) is -0.208. The molecule has 2 aromatic carbocycles. The van der Waals surface area contributed by atoms with Crippen LogP contribution in [0.2, 0.25) is 0 Å². The molecule has 4 nitrogen and oxygen atoms in total. The van der Waals surface area contributed by atoms with Gasteiger partial charge in [-0.2, -0.15) is 13.2 Å². The number of nitrogens with zero attached hydrogens (tertiary/aromatic N) is 2. The smallest absolute Gasteiger partial charge is 0.358 e. The predicted octanol–water partition coefficient (Wildman–Crippen LogP) is 5.51. The fourth-order valence-corrected chi connectivity index (χ4v) is 4.63. The van der Waals surface area contributed by atoms with Crippen LogP contribution in [0.5, 0.6) is 0 Å². The van der Waals surface area contributed by atoms with Crippen molar-refractivity contribution in [2.24, 2.45) is 0 Å². The zero-order chi connectivity index (χ0) is 20.9. The van der Waals surface area contributed by atoms with Crippen LogP contribution in [0, 0.1) is 0 Å². The molecule has 3 heterocycles. The molecule has 0 unspecified atom stereocenters. The van der Waals surface area contributed by atoms with Crippen molar-refractivity contribution in [2.75, 3.05) is 6.54 Å². The van der Waals surface area contributed by atoms with Crippen LogP contribution in [-0.2, 0) is 19.1 Å². The number of aromatic amines is 1. The lowest BCUT2D eigenvalue weighted by molar-refractivity contribution is -0.137. The Hall–Kier alpha value is -3.13. The van der Waals surface area contributed by atoms with Crippen LogP contribution < -0.4 is 0 Å². The highest BCUT2D eigenvalue weighted by molar-refractivity contribution is 7.13. The van der Waals surface area contributed by atoms with Crippen molar-refractivity contribution in [1.29, 1.82) is 0 Å². The maximum absolute atomic E-state index is 13.0. The van der Waals surface area contributed by atoms with E-state index in [2.05, 4.69) is 9.97 Å². The maximum Gasteiger partial charge on any atom is 0.416 e. The third-order valence-corrected chi connectivity index (χ3v) is 6.22. The monoisotopic (exact) mass is 427 g/mol. The number of fused-ring (bicyclic) bond motifs is 3. The van der Waals surface area contributed by atoms with E-state index in [-0.39, 0.29) is 11.6 Å². The number of carbonyl (C=O) groups is 1. The Labute approximate surface area is 174 Å². The van der Waals surface area contributed by atoms with Crippen LogP contribution in [0.3, 0.4) is 0 Å². The van der Waals surface area contributed by atoms with Crippen LogP contribution in [0.1, 0.15) is 27.3 Å². The lowest BCUT2D eigenvalue weighted by atomic mass is 10.0. The molecule has 1 aliphatic heterocycles. The van der Waals surface area contributed by atoms with Gasteiger partial charge in [0.2, 0.25) is 0 Å². The van der Waals surface area contributed by atoms with Gasteiger partial charge in [0.1, 0.15) is 10.7 Å². The first-order valence-corrected chi connectivity index (χ1v) is 10.3. The maximum atomic E-state index is 13.0. The van der Waals surface area contributed by atoms with Gasteiger partial charge < -0.3 is 9.88 Å². The Morgan fingerprint density at radius 3 is 2.80 bits per heavy atom. The third-order valence-electron chi connectivity index (χ3n) is 5.33. The average molecular weight is 427 g/mol. The molecule has 0 saturated carbocycles. The van der Waals surface area contributed by atoms with Gasteiger partial charge in [-0.25, -0.2) is 4.98 Å². The van der Waals surface area contributed by atoms with E-state index >= 15 is 0 Å². The van der Waals surface area contributed by atoms with Gasteiger partial charge in [-0.15, -0.1) is 11.3 Å². The van der Waals surface area contributed by atoms with Gasteiger partial charge in [0, 0.05) is 52.6 Å².